The first-order chi connectivity index (χ1) is 5.77. The first kappa shape index (κ1) is 8.91. The van der Waals surface area contributed by atoms with E-state index in [9.17, 15) is 4.79 Å². The molecule has 0 fully saturated rings. The fourth-order valence-corrected chi connectivity index (χ4v) is 1.00. The van der Waals surface area contributed by atoms with Gasteiger partial charge in [-0.2, -0.15) is 0 Å². The third-order valence-corrected chi connectivity index (χ3v) is 1.83. The van der Waals surface area contributed by atoms with E-state index in [2.05, 4.69) is 4.98 Å². The molecule has 1 rings (SSSR count). The van der Waals surface area contributed by atoms with Crippen LogP contribution in [0.2, 0.25) is 0 Å². The zero-order valence-electron chi connectivity index (χ0n) is 7.50. The summed E-state index contributed by atoms with van der Waals surface area (Å²) in [7, 11) is 0. The molecule has 1 heterocycles. The molecule has 0 spiro atoms. The lowest BCUT2D eigenvalue weighted by atomic mass is 10.1. The first-order valence-corrected chi connectivity index (χ1v) is 4.26. The molecule has 1 aromatic rings. The van der Waals surface area contributed by atoms with E-state index in [4.69, 9.17) is 0 Å². The highest BCUT2D eigenvalue weighted by Gasteiger charge is 2.01. The van der Waals surface area contributed by atoms with Gasteiger partial charge < -0.3 is 0 Å². The minimum atomic E-state index is 0.158. The van der Waals surface area contributed by atoms with Crippen molar-refractivity contribution in [1.29, 1.82) is 0 Å². The molecule has 1 aromatic heterocycles. The number of carbonyl (C=O) groups excluding carboxylic acids is 1. The lowest BCUT2D eigenvalue weighted by Gasteiger charge is -1.98. The minimum Gasteiger partial charge on any atom is -0.294 e. The summed E-state index contributed by atoms with van der Waals surface area (Å²) in [6.07, 6.45) is 3.12. The van der Waals surface area contributed by atoms with Gasteiger partial charge in [-0.1, -0.05) is 13.8 Å². The van der Waals surface area contributed by atoms with Crippen LogP contribution in [0.3, 0.4) is 0 Å². The number of rotatable bonds is 3. The SMILES string of the molecule is CCC(=O)c1ccc(CC)nc1. The molecule has 0 radical (unpaired) electrons. The van der Waals surface area contributed by atoms with Gasteiger partial charge in [-0.3, -0.25) is 9.78 Å². The van der Waals surface area contributed by atoms with Gasteiger partial charge >= 0.3 is 0 Å². The quantitative estimate of drug-likeness (QED) is 0.639. The van der Waals surface area contributed by atoms with Crippen molar-refractivity contribution in [1.82, 2.24) is 4.98 Å². The summed E-state index contributed by atoms with van der Waals surface area (Å²) in [5, 5.41) is 0. The first-order valence-electron chi connectivity index (χ1n) is 4.26. The normalized spacial score (nSPS) is 9.83. The zero-order chi connectivity index (χ0) is 8.97. The van der Waals surface area contributed by atoms with E-state index in [0.717, 1.165) is 17.7 Å². The van der Waals surface area contributed by atoms with Crippen LogP contribution in [0.25, 0.3) is 0 Å². The van der Waals surface area contributed by atoms with Crippen LogP contribution >= 0.6 is 0 Å². The lowest BCUT2D eigenvalue weighted by Crippen LogP contribution is -1.98. The van der Waals surface area contributed by atoms with Crippen LogP contribution in [-0.4, -0.2) is 10.8 Å². The Labute approximate surface area is 72.6 Å². The van der Waals surface area contributed by atoms with Crippen LogP contribution in [0.4, 0.5) is 0 Å². The highest BCUT2D eigenvalue weighted by Crippen LogP contribution is 2.03. The molecule has 0 unspecified atom stereocenters. The number of aromatic nitrogens is 1. The van der Waals surface area contributed by atoms with E-state index in [-0.39, 0.29) is 5.78 Å². The summed E-state index contributed by atoms with van der Waals surface area (Å²) in [5.41, 5.74) is 1.75. The van der Waals surface area contributed by atoms with Crippen molar-refractivity contribution in [3.8, 4) is 0 Å². The van der Waals surface area contributed by atoms with Gasteiger partial charge in [-0.15, -0.1) is 0 Å². The number of nitrogens with zero attached hydrogens (tertiary/aromatic N) is 1. The number of hydrogen-bond acceptors (Lipinski definition) is 2. The van der Waals surface area contributed by atoms with E-state index < -0.39 is 0 Å². The molecule has 64 valence electrons. The highest BCUT2D eigenvalue weighted by molar-refractivity contribution is 5.95. The monoisotopic (exact) mass is 163 g/mol. The molecule has 0 aliphatic heterocycles. The van der Waals surface area contributed by atoms with Gasteiger partial charge in [0.05, 0.1) is 0 Å². The van der Waals surface area contributed by atoms with E-state index >= 15 is 0 Å². The van der Waals surface area contributed by atoms with Crippen molar-refractivity contribution in [2.45, 2.75) is 26.7 Å². The predicted molar refractivity (Wildman–Crippen MR) is 48.2 cm³/mol. The molecule has 0 aliphatic carbocycles. The topological polar surface area (TPSA) is 30.0 Å². The molecule has 0 bridgehead atoms. The van der Waals surface area contributed by atoms with Gasteiger partial charge in [0, 0.05) is 23.9 Å². The maximum Gasteiger partial charge on any atom is 0.164 e. The van der Waals surface area contributed by atoms with Gasteiger partial charge in [0.15, 0.2) is 5.78 Å². The average molecular weight is 163 g/mol. The van der Waals surface area contributed by atoms with E-state index in [0.29, 0.717) is 6.42 Å². The minimum absolute atomic E-state index is 0.158. The standard InChI is InChI=1S/C10H13NO/c1-3-9-6-5-8(7-11-9)10(12)4-2/h5-7H,3-4H2,1-2H3. The van der Waals surface area contributed by atoms with Gasteiger partial charge in [0.25, 0.3) is 0 Å². The predicted octanol–water partition coefficient (Wildman–Crippen LogP) is 2.24. The highest BCUT2D eigenvalue weighted by atomic mass is 16.1. The van der Waals surface area contributed by atoms with Crippen LogP contribution in [0.5, 0.6) is 0 Å². The second-order valence-corrected chi connectivity index (χ2v) is 2.67. The third-order valence-electron chi connectivity index (χ3n) is 1.83. The van der Waals surface area contributed by atoms with Crippen LogP contribution in [0.15, 0.2) is 18.3 Å². The molecule has 2 nitrogen and oxygen atoms in total. The van der Waals surface area contributed by atoms with Gasteiger partial charge in [-0.05, 0) is 18.6 Å². The summed E-state index contributed by atoms with van der Waals surface area (Å²) in [5.74, 6) is 0.158. The maximum absolute atomic E-state index is 11.2. The summed E-state index contributed by atoms with van der Waals surface area (Å²) >= 11 is 0. The molecule has 2 heteroatoms. The van der Waals surface area contributed by atoms with Gasteiger partial charge in [0.1, 0.15) is 0 Å². The second kappa shape index (κ2) is 4.00. The summed E-state index contributed by atoms with van der Waals surface area (Å²) in [4.78, 5) is 15.3. The Hall–Kier alpha value is -1.18. The van der Waals surface area contributed by atoms with Crippen LogP contribution in [0.1, 0.15) is 36.3 Å². The Morgan fingerprint density at radius 2 is 2.17 bits per heavy atom. The number of ketones is 1. The molecular formula is C10H13NO. The molecule has 0 aliphatic rings. The number of pyridine rings is 1. The van der Waals surface area contributed by atoms with E-state index in [1.54, 1.807) is 6.20 Å². The van der Waals surface area contributed by atoms with Crippen LogP contribution in [-0.2, 0) is 6.42 Å². The number of aryl methyl sites for hydroxylation is 1. The summed E-state index contributed by atoms with van der Waals surface area (Å²) in [6.45, 7) is 3.90. The smallest absolute Gasteiger partial charge is 0.164 e. The number of Topliss-reactive ketones (excluding diaryl/α,β-unsaturated/α-hetero) is 1. The third kappa shape index (κ3) is 1.91. The molecule has 0 aromatic carbocycles. The Morgan fingerprint density at radius 1 is 1.42 bits per heavy atom. The second-order valence-electron chi connectivity index (χ2n) is 2.67. The number of hydrogen-bond donors (Lipinski definition) is 0. The molecule has 12 heavy (non-hydrogen) atoms. The fourth-order valence-electron chi connectivity index (χ4n) is 1.00. The van der Waals surface area contributed by atoms with Crippen LogP contribution in [0, 0.1) is 0 Å². The Bertz CT molecular complexity index is 264. The summed E-state index contributed by atoms with van der Waals surface area (Å²) < 4.78 is 0. The van der Waals surface area contributed by atoms with Crippen molar-refractivity contribution in [3.05, 3.63) is 29.6 Å². The molecule has 0 saturated carbocycles. The molecular weight excluding hydrogens is 150 g/mol. The van der Waals surface area contributed by atoms with Crippen molar-refractivity contribution >= 4 is 5.78 Å². The Morgan fingerprint density at radius 3 is 2.58 bits per heavy atom. The van der Waals surface area contributed by atoms with Gasteiger partial charge in [0.2, 0.25) is 0 Å². The molecule has 0 saturated heterocycles. The van der Waals surface area contributed by atoms with Crippen molar-refractivity contribution in [3.63, 3.8) is 0 Å². The van der Waals surface area contributed by atoms with Crippen molar-refractivity contribution < 1.29 is 4.79 Å². The van der Waals surface area contributed by atoms with E-state index in [1.165, 1.54) is 0 Å². The maximum atomic E-state index is 11.2. The Kier molecular flexibility index (Phi) is 2.97. The largest absolute Gasteiger partial charge is 0.294 e. The molecule has 0 amide bonds. The zero-order valence-corrected chi connectivity index (χ0v) is 7.50. The van der Waals surface area contributed by atoms with Crippen molar-refractivity contribution in [2.24, 2.45) is 0 Å². The lowest BCUT2D eigenvalue weighted by molar-refractivity contribution is 0.0988. The average Bonchev–Trinajstić information content (AvgIpc) is 2.17. The number of carbonyl (C=O) groups is 1. The van der Waals surface area contributed by atoms with Crippen LogP contribution < -0.4 is 0 Å². The van der Waals surface area contributed by atoms with Crippen molar-refractivity contribution in [2.75, 3.05) is 0 Å². The Balaban J connectivity index is 2.84. The fraction of sp³-hybridized carbons (Fsp3) is 0.400. The van der Waals surface area contributed by atoms with E-state index in [1.807, 2.05) is 26.0 Å². The summed E-state index contributed by atoms with van der Waals surface area (Å²) in [6, 6.07) is 3.75. The molecule has 0 atom stereocenters. The molecule has 0 N–H and O–H groups in total. The van der Waals surface area contributed by atoms with Gasteiger partial charge in [-0.25, -0.2) is 0 Å².